The minimum Gasteiger partial charge on any atom is -0.496 e. The SMILES string of the molecule is COCCCOc1cc(F)ccc1[B-](F)(F)F.[K+]. The van der Waals surface area contributed by atoms with Crippen molar-refractivity contribution in [1.29, 1.82) is 0 Å². The number of hydrogen-bond acceptors (Lipinski definition) is 2. The van der Waals surface area contributed by atoms with Crippen molar-refractivity contribution in [3.63, 3.8) is 0 Å². The Morgan fingerprint density at radius 3 is 2.39 bits per heavy atom. The number of halogens is 4. The molecule has 8 heteroatoms. The van der Waals surface area contributed by atoms with Crippen LogP contribution in [0.2, 0.25) is 0 Å². The van der Waals surface area contributed by atoms with Crippen LogP contribution in [0.3, 0.4) is 0 Å². The maximum Gasteiger partial charge on any atom is 1.00 e. The van der Waals surface area contributed by atoms with Gasteiger partial charge in [0.05, 0.1) is 12.4 Å². The summed E-state index contributed by atoms with van der Waals surface area (Å²) in [5, 5.41) is 0. The topological polar surface area (TPSA) is 18.5 Å². The Balaban J connectivity index is 0.00000289. The van der Waals surface area contributed by atoms with Crippen molar-refractivity contribution < 1.29 is 78.2 Å². The van der Waals surface area contributed by atoms with Gasteiger partial charge in [-0.05, 0) is 6.07 Å². The first kappa shape index (κ1) is 18.4. The molecule has 0 saturated carbocycles. The Bertz CT molecular complexity index is 373. The van der Waals surface area contributed by atoms with Crippen molar-refractivity contribution in [2.24, 2.45) is 0 Å². The van der Waals surface area contributed by atoms with Gasteiger partial charge in [0.25, 0.3) is 0 Å². The Hall–Kier alpha value is 0.401. The van der Waals surface area contributed by atoms with Gasteiger partial charge < -0.3 is 22.4 Å². The fourth-order valence-corrected chi connectivity index (χ4v) is 1.29. The molecule has 0 saturated heterocycles. The van der Waals surface area contributed by atoms with Gasteiger partial charge >= 0.3 is 58.4 Å². The molecular formula is C10H12BF4KO2. The van der Waals surface area contributed by atoms with Gasteiger partial charge in [0, 0.05) is 26.2 Å². The molecule has 0 bridgehead atoms. The first-order chi connectivity index (χ1) is 7.95. The van der Waals surface area contributed by atoms with Gasteiger partial charge in [-0.15, -0.1) is 0 Å². The van der Waals surface area contributed by atoms with Crippen LogP contribution in [0.1, 0.15) is 6.42 Å². The van der Waals surface area contributed by atoms with Gasteiger partial charge in [-0.1, -0.05) is 11.5 Å². The Morgan fingerprint density at radius 2 is 1.83 bits per heavy atom. The quantitative estimate of drug-likeness (QED) is 0.392. The van der Waals surface area contributed by atoms with Crippen LogP contribution in [-0.2, 0) is 4.74 Å². The maximum absolute atomic E-state index is 12.8. The molecule has 0 N–H and O–H groups in total. The molecule has 0 aliphatic rings. The average Bonchev–Trinajstić information content (AvgIpc) is 2.23. The molecule has 0 aliphatic carbocycles. The Morgan fingerprint density at radius 1 is 1.17 bits per heavy atom. The summed E-state index contributed by atoms with van der Waals surface area (Å²) in [5.74, 6) is -1.22. The third-order valence-electron chi connectivity index (χ3n) is 2.08. The van der Waals surface area contributed by atoms with E-state index in [9.17, 15) is 17.3 Å². The van der Waals surface area contributed by atoms with Crippen LogP contribution in [-0.4, -0.2) is 27.3 Å². The monoisotopic (exact) mass is 290 g/mol. The van der Waals surface area contributed by atoms with E-state index < -0.39 is 24.0 Å². The van der Waals surface area contributed by atoms with Crippen LogP contribution >= 0.6 is 0 Å². The maximum atomic E-state index is 12.8. The van der Waals surface area contributed by atoms with Crippen LogP contribution in [0.25, 0.3) is 0 Å². The zero-order chi connectivity index (χ0) is 12.9. The van der Waals surface area contributed by atoms with Crippen LogP contribution in [0.5, 0.6) is 5.75 Å². The van der Waals surface area contributed by atoms with Crippen molar-refractivity contribution in [2.45, 2.75) is 6.42 Å². The van der Waals surface area contributed by atoms with E-state index in [0.29, 0.717) is 19.1 Å². The van der Waals surface area contributed by atoms with E-state index >= 15 is 0 Å². The molecule has 0 radical (unpaired) electrons. The van der Waals surface area contributed by atoms with Gasteiger partial charge in [-0.2, -0.15) is 0 Å². The smallest absolute Gasteiger partial charge is 0.496 e. The first-order valence-corrected chi connectivity index (χ1v) is 5.06. The predicted molar refractivity (Wildman–Crippen MR) is 57.1 cm³/mol. The third kappa shape index (κ3) is 6.03. The van der Waals surface area contributed by atoms with E-state index in [1.807, 2.05) is 0 Å². The minimum absolute atomic E-state index is 0. The molecule has 2 nitrogen and oxygen atoms in total. The average molecular weight is 290 g/mol. The normalized spacial score (nSPS) is 10.9. The predicted octanol–water partition coefficient (Wildman–Crippen LogP) is -0.701. The van der Waals surface area contributed by atoms with E-state index in [1.165, 1.54) is 7.11 Å². The Kier molecular flexibility index (Phi) is 8.74. The summed E-state index contributed by atoms with van der Waals surface area (Å²) in [4.78, 5) is 0. The van der Waals surface area contributed by atoms with Crippen molar-refractivity contribution in [3.8, 4) is 5.75 Å². The second-order valence-electron chi connectivity index (χ2n) is 3.45. The summed E-state index contributed by atoms with van der Waals surface area (Å²) < 4.78 is 60.3. The van der Waals surface area contributed by atoms with Gasteiger partial charge in [0.15, 0.2) is 0 Å². The molecule has 18 heavy (non-hydrogen) atoms. The zero-order valence-electron chi connectivity index (χ0n) is 10.3. The van der Waals surface area contributed by atoms with Gasteiger partial charge in [-0.3, -0.25) is 0 Å². The molecule has 1 aromatic rings. The van der Waals surface area contributed by atoms with E-state index in [-0.39, 0.29) is 58.0 Å². The van der Waals surface area contributed by atoms with Crippen LogP contribution in [0, 0.1) is 5.82 Å². The van der Waals surface area contributed by atoms with Crippen molar-refractivity contribution in [2.75, 3.05) is 20.3 Å². The van der Waals surface area contributed by atoms with Crippen molar-refractivity contribution in [1.82, 2.24) is 0 Å². The van der Waals surface area contributed by atoms with Crippen LogP contribution in [0.4, 0.5) is 17.3 Å². The van der Waals surface area contributed by atoms with E-state index in [0.717, 1.165) is 12.1 Å². The second-order valence-corrected chi connectivity index (χ2v) is 3.45. The molecule has 0 unspecified atom stereocenters. The number of methoxy groups -OCH3 is 1. The van der Waals surface area contributed by atoms with Crippen LogP contribution < -0.4 is 61.6 Å². The number of benzene rings is 1. The summed E-state index contributed by atoms with van der Waals surface area (Å²) in [6.45, 7) is -4.77. The molecule has 1 rings (SSSR count). The Labute approximate surface area is 146 Å². The largest absolute Gasteiger partial charge is 1.00 e. The molecule has 0 spiro atoms. The molecule has 0 aliphatic heterocycles. The fourth-order valence-electron chi connectivity index (χ4n) is 1.29. The summed E-state index contributed by atoms with van der Waals surface area (Å²) in [6.07, 6.45) is 0.442. The molecule has 1 aromatic carbocycles. The number of hydrogen-bond donors (Lipinski definition) is 0. The zero-order valence-corrected chi connectivity index (χ0v) is 13.4. The molecule has 0 aromatic heterocycles. The van der Waals surface area contributed by atoms with Gasteiger partial charge in [0.2, 0.25) is 0 Å². The molecular weight excluding hydrogens is 278 g/mol. The summed E-state index contributed by atoms with van der Waals surface area (Å²) in [5.41, 5.74) is -0.913. The molecule has 0 heterocycles. The summed E-state index contributed by atoms with van der Waals surface area (Å²) >= 11 is 0. The second kappa shape index (κ2) is 8.55. The van der Waals surface area contributed by atoms with E-state index in [2.05, 4.69) is 0 Å². The molecule has 0 atom stereocenters. The van der Waals surface area contributed by atoms with E-state index in [4.69, 9.17) is 9.47 Å². The summed E-state index contributed by atoms with van der Waals surface area (Å²) in [7, 11) is 1.48. The molecule has 0 amide bonds. The van der Waals surface area contributed by atoms with Gasteiger partial charge in [-0.25, -0.2) is 4.39 Å². The third-order valence-corrected chi connectivity index (χ3v) is 2.08. The fraction of sp³-hybridized carbons (Fsp3) is 0.400. The van der Waals surface area contributed by atoms with E-state index in [1.54, 1.807) is 0 Å². The van der Waals surface area contributed by atoms with Crippen molar-refractivity contribution >= 4 is 12.4 Å². The minimum atomic E-state index is -5.20. The van der Waals surface area contributed by atoms with Crippen LogP contribution in [0.15, 0.2) is 18.2 Å². The van der Waals surface area contributed by atoms with Crippen molar-refractivity contribution in [3.05, 3.63) is 24.0 Å². The number of ether oxygens (including phenoxy) is 2. The first-order valence-electron chi connectivity index (χ1n) is 5.06. The standard InChI is InChI=1S/C10H12BF4O2.K/c1-16-5-2-6-17-10-7-8(12)3-4-9(10)11(13,14)15;/h3-4,7H,2,5-6H2,1H3;/q-1;+1. The van der Waals surface area contributed by atoms with Gasteiger partial charge in [0.1, 0.15) is 5.82 Å². The number of rotatable bonds is 6. The molecule has 96 valence electrons. The molecule has 0 fully saturated rings. The summed E-state index contributed by atoms with van der Waals surface area (Å²) in [6, 6.07) is 2.21.